The number of carbonyl (C=O) groups is 1. The summed E-state index contributed by atoms with van der Waals surface area (Å²) in [5.41, 5.74) is -0.529. The van der Waals surface area contributed by atoms with Gasteiger partial charge in [-0.25, -0.2) is 0 Å². The van der Waals surface area contributed by atoms with Crippen LogP contribution in [0, 0.1) is 17.8 Å². The van der Waals surface area contributed by atoms with Gasteiger partial charge < -0.3 is 10.2 Å². The number of rotatable bonds is 16. The average Bonchev–Trinajstić information content (AvgIpc) is 3.49. The van der Waals surface area contributed by atoms with Gasteiger partial charge in [0, 0.05) is 18.4 Å². The Morgan fingerprint density at radius 2 is 1.79 bits per heavy atom. The van der Waals surface area contributed by atoms with E-state index in [0.29, 0.717) is 5.92 Å². The van der Waals surface area contributed by atoms with Gasteiger partial charge >= 0.3 is 0 Å². The molecule has 0 heterocycles. The van der Waals surface area contributed by atoms with Crippen LogP contribution in [0.4, 0.5) is 0 Å². The van der Waals surface area contributed by atoms with Crippen molar-refractivity contribution in [1.82, 2.24) is 0 Å². The standard InChI is InChI=1S/C25H42O3/c1-2-3-4-9-18-25(28,22-15-16-22)19-11-12-21-14-17-24(27)23(21)13-8-6-5-7-10-20-26/h11-12,14,17,21-23,26,28H,2-10,13,15-16,18-20H2,1H3/t21-,23+,25?/m0/s1. The van der Waals surface area contributed by atoms with Gasteiger partial charge in [0.1, 0.15) is 0 Å². The molecule has 28 heavy (non-hydrogen) atoms. The van der Waals surface area contributed by atoms with E-state index in [1.165, 1.54) is 32.1 Å². The van der Waals surface area contributed by atoms with Crippen molar-refractivity contribution < 1.29 is 15.0 Å². The molecule has 2 rings (SSSR count). The van der Waals surface area contributed by atoms with E-state index in [1.807, 2.05) is 6.08 Å². The molecule has 2 aliphatic carbocycles. The van der Waals surface area contributed by atoms with Gasteiger partial charge in [-0.1, -0.05) is 76.5 Å². The second-order valence-corrected chi connectivity index (χ2v) is 9.05. The maximum Gasteiger partial charge on any atom is 0.159 e. The molecule has 160 valence electrons. The largest absolute Gasteiger partial charge is 0.396 e. The number of allylic oxidation sites excluding steroid dienone is 3. The normalized spacial score (nSPS) is 24.3. The molecule has 0 radical (unpaired) electrons. The summed E-state index contributed by atoms with van der Waals surface area (Å²) in [4.78, 5) is 12.2. The van der Waals surface area contributed by atoms with Crippen molar-refractivity contribution in [3.05, 3.63) is 24.3 Å². The van der Waals surface area contributed by atoms with Crippen molar-refractivity contribution >= 4 is 5.78 Å². The molecule has 0 saturated heterocycles. The molecule has 1 saturated carbocycles. The summed E-state index contributed by atoms with van der Waals surface area (Å²) in [7, 11) is 0. The molecule has 2 aliphatic rings. The summed E-state index contributed by atoms with van der Waals surface area (Å²) in [6.07, 6.45) is 23.2. The van der Waals surface area contributed by atoms with Crippen LogP contribution in [0.5, 0.6) is 0 Å². The van der Waals surface area contributed by atoms with Crippen LogP contribution >= 0.6 is 0 Å². The molecule has 3 nitrogen and oxygen atoms in total. The fourth-order valence-electron chi connectivity index (χ4n) is 4.57. The number of hydrogen-bond acceptors (Lipinski definition) is 3. The van der Waals surface area contributed by atoms with Crippen LogP contribution in [-0.2, 0) is 4.79 Å². The third-order valence-electron chi connectivity index (χ3n) is 6.62. The van der Waals surface area contributed by atoms with E-state index in [0.717, 1.165) is 57.8 Å². The third kappa shape index (κ3) is 7.83. The average molecular weight is 391 g/mol. The summed E-state index contributed by atoms with van der Waals surface area (Å²) in [5, 5.41) is 20.0. The van der Waals surface area contributed by atoms with E-state index in [9.17, 15) is 9.90 Å². The fourth-order valence-corrected chi connectivity index (χ4v) is 4.57. The molecule has 3 heteroatoms. The predicted molar refractivity (Wildman–Crippen MR) is 116 cm³/mol. The highest BCUT2D eigenvalue weighted by Gasteiger charge is 2.42. The van der Waals surface area contributed by atoms with E-state index in [-0.39, 0.29) is 24.2 Å². The van der Waals surface area contributed by atoms with Crippen LogP contribution in [0.15, 0.2) is 24.3 Å². The first-order chi connectivity index (χ1) is 13.6. The van der Waals surface area contributed by atoms with Gasteiger partial charge in [0.2, 0.25) is 0 Å². The van der Waals surface area contributed by atoms with Gasteiger partial charge in [0.25, 0.3) is 0 Å². The van der Waals surface area contributed by atoms with E-state index in [4.69, 9.17) is 5.11 Å². The Bertz CT molecular complexity index is 506. The molecule has 0 bridgehead atoms. The molecular formula is C25H42O3. The fraction of sp³-hybridized carbons (Fsp3) is 0.800. The van der Waals surface area contributed by atoms with Gasteiger partial charge in [-0.2, -0.15) is 0 Å². The Kier molecular flexibility index (Phi) is 10.5. The summed E-state index contributed by atoms with van der Waals surface area (Å²) >= 11 is 0. The van der Waals surface area contributed by atoms with Crippen molar-refractivity contribution in [3.63, 3.8) is 0 Å². The summed E-state index contributed by atoms with van der Waals surface area (Å²) in [5.74, 6) is 1.04. The second-order valence-electron chi connectivity index (χ2n) is 9.05. The first kappa shape index (κ1) is 23.3. The minimum atomic E-state index is -0.529. The number of aliphatic hydroxyl groups excluding tert-OH is 1. The Balaban J connectivity index is 1.76. The van der Waals surface area contributed by atoms with Gasteiger partial charge in [0.05, 0.1) is 5.60 Å². The molecule has 0 aromatic heterocycles. The van der Waals surface area contributed by atoms with Gasteiger partial charge in [-0.05, 0) is 50.5 Å². The zero-order valence-corrected chi connectivity index (χ0v) is 18.0. The van der Waals surface area contributed by atoms with Crippen molar-refractivity contribution in [3.8, 4) is 0 Å². The van der Waals surface area contributed by atoms with Crippen molar-refractivity contribution in [2.45, 2.75) is 102 Å². The van der Waals surface area contributed by atoms with E-state index >= 15 is 0 Å². The van der Waals surface area contributed by atoms with Crippen LogP contribution in [0.2, 0.25) is 0 Å². The second kappa shape index (κ2) is 12.6. The van der Waals surface area contributed by atoms with Crippen molar-refractivity contribution in [1.29, 1.82) is 0 Å². The first-order valence-electron chi connectivity index (χ1n) is 11.8. The number of aliphatic hydroxyl groups is 2. The molecule has 3 atom stereocenters. The van der Waals surface area contributed by atoms with Crippen molar-refractivity contribution in [2.75, 3.05) is 6.61 Å². The maximum absolute atomic E-state index is 12.2. The Morgan fingerprint density at radius 3 is 2.50 bits per heavy atom. The quantitative estimate of drug-likeness (QED) is 0.261. The maximum atomic E-state index is 12.2. The first-order valence-corrected chi connectivity index (χ1v) is 11.8. The highest BCUT2D eigenvalue weighted by molar-refractivity contribution is 5.94. The van der Waals surface area contributed by atoms with Crippen LogP contribution in [0.3, 0.4) is 0 Å². The molecule has 0 amide bonds. The minimum absolute atomic E-state index is 0.0904. The van der Waals surface area contributed by atoms with Crippen LogP contribution in [-0.4, -0.2) is 28.2 Å². The van der Waals surface area contributed by atoms with Crippen LogP contribution in [0.1, 0.15) is 96.8 Å². The number of ketones is 1. The number of hydrogen-bond donors (Lipinski definition) is 2. The lowest BCUT2D eigenvalue weighted by Crippen LogP contribution is -2.30. The highest BCUT2D eigenvalue weighted by Crippen LogP contribution is 2.44. The summed E-state index contributed by atoms with van der Waals surface area (Å²) in [6, 6.07) is 0. The van der Waals surface area contributed by atoms with E-state index in [1.54, 1.807) is 6.08 Å². The zero-order valence-electron chi connectivity index (χ0n) is 18.0. The van der Waals surface area contributed by atoms with Crippen LogP contribution < -0.4 is 0 Å². The van der Waals surface area contributed by atoms with Gasteiger partial charge in [-0.3, -0.25) is 4.79 Å². The lowest BCUT2D eigenvalue weighted by Gasteiger charge is -2.27. The smallest absolute Gasteiger partial charge is 0.159 e. The zero-order chi connectivity index (χ0) is 20.2. The Morgan fingerprint density at radius 1 is 1.07 bits per heavy atom. The third-order valence-corrected chi connectivity index (χ3v) is 6.62. The summed E-state index contributed by atoms with van der Waals surface area (Å²) in [6.45, 7) is 2.50. The molecule has 0 spiro atoms. The molecule has 2 N–H and O–H groups in total. The number of carbonyl (C=O) groups excluding carboxylic acids is 1. The van der Waals surface area contributed by atoms with Crippen LogP contribution in [0.25, 0.3) is 0 Å². The minimum Gasteiger partial charge on any atom is -0.396 e. The predicted octanol–water partition coefficient (Wildman–Crippen LogP) is 5.75. The van der Waals surface area contributed by atoms with E-state index in [2.05, 4.69) is 19.1 Å². The van der Waals surface area contributed by atoms with Crippen molar-refractivity contribution in [2.24, 2.45) is 17.8 Å². The SMILES string of the molecule is CCCCCCC(O)(CC=C[C@H]1C=CC(=O)[C@@H]1CCCCCCCO)C1CC1. The topological polar surface area (TPSA) is 57.5 Å². The lowest BCUT2D eigenvalue weighted by atomic mass is 9.85. The Hall–Kier alpha value is -0.930. The molecular weight excluding hydrogens is 348 g/mol. The molecule has 0 aromatic carbocycles. The molecule has 1 fully saturated rings. The van der Waals surface area contributed by atoms with Gasteiger partial charge in [-0.15, -0.1) is 0 Å². The summed E-state index contributed by atoms with van der Waals surface area (Å²) < 4.78 is 0. The lowest BCUT2D eigenvalue weighted by molar-refractivity contribution is -0.118. The van der Waals surface area contributed by atoms with E-state index < -0.39 is 5.60 Å². The Labute approximate surface area is 172 Å². The van der Waals surface area contributed by atoms with Gasteiger partial charge in [0.15, 0.2) is 5.78 Å². The molecule has 0 aliphatic heterocycles. The molecule has 1 unspecified atom stereocenters. The number of unbranched alkanes of at least 4 members (excludes halogenated alkanes) is 7. The highest BCUT2D eigenvalue weighted by atomic mass is 16.3. The monoisotopic (exact) mass is 390 g/mol. The molecule has 0 aromatic rings.